The first-order valence-corrected chi connectivity index (χ1v) is 9.54. The summed E-state index contributed by atoms with van der Waals surface area (Å²) < 4.78 is 5.75. The number of hydrogen-bond acceptors (Lipinski definition) is 2. The molecule has 3 aromatic rings. The van der Waals surface area contributed by atoms with E-state index in [1.165, 1.54) is 26.1 Å². The summed E-state index contributed by atoms with van der Waals surface area (Å²) in [4.78, 5) is 2.93. The Balaban J connectivity index is 0.000000284. The van der Waals surface area contributed by atoms with E-state index < -0.39 is 0 Å². The number of benzene rings is 1. The minimum absolute atomic E-state index is 0. The van der Waals surface area contributed by atoms with Gasteiger partial charge in [-0.3, -0.25) is 0 Å². The molecule has 0 saturated carbocycles. The molecule has 1 radical (unpaired) electrons. The predicted molar refractivity (Wildman–Crippen MR) is 109 cm³/mol. The summed E-state index contributed by atoms with van der Waals surface area (Å²) in [6.45, 7) is 4.27. The van der Waals surface area contributed by atoms with Crippen LogP contribution < -0.4 is 24.8 Å². The van der Waals surface area contributed by atoms with Crippen molar-refractivity contribution in [1.82, 2.24) is 0 Å². The Labute approximate surface area is 202 Å². The van der Waals surface area contributed by atoms with Crippen LogP contribution in [0.4, 0.5) is 0 Å². The third-order valence-corrected chi connectivity index (χ3v) is 5.62. The molecule has 0 bridgehead atoms. The Kier molecular flexibility index (Phi) is 10.2. The summed E-state index contributed by atoms with van der Waals surface area (Å²) in [6.07, 6.45) is 9.82. The van der Waals surface area contributed by atoms with Crippen molar-refractivity contribution in [3.8, 4) is 11.3 Å². The van der Waals surface area contributed by atoms with Crippen molar-refractivity contribution in [2.75, 3.05) is 0 Å². The van der Waals surface area contributed by atoms with E-state index in [0.29, 0.717) is 5.92 Å². The minimum Gasteiger partial charge on any atom is -1.00 e. The molecule has 0 N–H and O–H groups in total. The number of rotatable bonds is 2. The van der Waals surface area contributed by atoms with Crippen LogP contribution in [0.3, 0.4) is 0 Å². The van der Waals surface area contributed by atoms with Crippen LogP contribution in [-0.2, 0) is 32.6 Å². The molecular formula is C23H21Cl2OSZr. The maximum Gasteiger partial charge on any atom is 3.00 e. The van der Waals surface area contributed by atoms with Gasteiger partial charge < -0.3 is 29.2 Å². The number of allylic oxidation sites excluding steroid dienone is 6. The van der Waals surface area contributed by atoms with Gasteiger partial charge >= 0.3 is 26.2 Å². The van der Waals surface area contributed by atoms with Gasteiger partial charge in [0.15, 0.2) is 0 Å². The number of thioether (sulfide) groups is 1. The third kappa shape index (κ3) is 5.60. The van der Waals surface area contributed by atoms with Gasteiger partial charge in [0.05, 0.1) is 11.5 Å². The molecule has 1 aromatic heterocycles. The zero-order valence-corrected chi connectivity index (χ0v) is 20.6. The molecule has 1 nitrogen and oxygen atoms in total. The SMILES string of the molecule is CC1=CC2C=CC=C2S1.CCc1ccc(-c2cc3ccccc3[cH-]2)o1.[Cl-].[Cl-].[Zr+3]. The van der Waals surface area contributed by atoms with Crippen molar-refractivity contribution in [2.45, 2.75) is 20.3 Å². The first-order chi connectivity index (χ1) is 12.2. The molecule has 5 heteroatoms. The number of furan rings is 1. The Morgan fingerprint density at radius 2 is 1.89 bits per heavy atom. The Morgan fingerprint density at radius 1 is 1.11 bits per heavy atom. The van der Waals surface area contributed by atoms with E-state index in [9.17, 15) is 0 Å². The molecule has 0 amide bonds. The normalized spacial score (nSPS) is 16.0. The Morgan fingerprint density at radius 3 is 2.57 bits per heavy atom. The van der Waals surface area contributed by atoms with Crippen LogP contribution in [0.5, 0.6) is 0 Å². The van der Waals surface area contributed by atoms with E-state index in [1.807, 2.05) is 23.9 Å². The largest absolute Gasteiger partial charge is 3.00 e. The van der Waals surface area contributed by atoms with Crippen LogP contribution in [-0.4, -0.2) is 0 Å². The van der Waals surface area contributed by atoms with Crippen LogP contribution in [0.2, 0.25) is 0 Å². The van der Waals surface area contributed by atoms with Gasteiger partial charge in [0.1, 0.15) is 0 Å². The van der Waals surface area contributed by atoms with Crippen LogP contribution in [0.25, 0.3) is 22.1 Å². The summed E-state index contributed by atoms with van der Waals surface area (Å²) in [6, 6.07) is 16.8. The molecule has 0 spiro atoms. The van der Waals surface area contributed by atoms with Crippen molar-refractivity contribution in [3.05, 3.63) is 88.4 Å². The van der Waals surface area contributed by atoms with Crippen LogP contribution in [0.1, 0.15) is 19.6 Å². The maximum atomic E-state index is 5.75. The summed E-state index contributed by atoms with van der Waals surface area (Å²) >= 11 is 1.90. The topological polar surface area (TPSA) is 13.1 Å². The van der Waals surface area contributed by atoms with Gasteiger partial charge in [0.25, 0.3) is 0 Å². The van der Waals surface area contributed by atoms with Gasteiger partial charge in [0.2, 0.25) is 0 Å². The molecule has 2 heterocycles. The van der Waals surface area contributed by atoms with Gasteiger partial charge in [-0.05, 0) is 24.0 Å². The predicted octanol–water partition coefficient (Wildman–Crippen LogP) is 1.09. The summed E-state index contributed by atoms with van der Waals surface area (Å²) in [5, 5.41) is 2.54. The van der Waals surface area contributed by atoms with E-state index in [0.717, 1.165) is 17.9 Å². The van der Waals surface area contributed by atoms with Gasteiger partial charge in [-0.25, -0.2) is 0 Å². The molecule has 1 unspecified atom stereocenters. The van der Waals surface area contributed by atoms with Crippen molar-refractivity contribution < 1.29 is 55.4 Å². The van der Waals surface area contributed by atoms with Gasteiger partial charge in [-0.15, -0.1) is 29.0 Å². The fraction of sp³-hybridized carbons (Fsp3) is 0.174. The first-order valence-electron chi connectivity index (χ1n) is 8.72. The van der Waals surface area contributed by atoms with Crippen molar-refractivity contribution in [2.24, 2.45) is 5.92 Å². The molecule has 2 aromatic carbocycles. The second kappa shape index (κ2) is 11.4. The molecule has 0 fully saturated rings. The van der Waals surface area contributed by atoms with Crippen molar-refractivity contribution in [3.63, 3.8) is 0 Å². The van der Waals surface area contributed by atoms with Gasteiger partial charge in [0, 0.05) is 17.2 Å². The van der Waals surface area contributed by atoms with E-state index >= 15 is 0 Å². The number of fused-ring (bicyclic) bond motifs is 2. The molecule has 1 atom stereocenters. The van der Waals surface area contributed by atoms with E-state index in [-0.39, 0.29) is 51.0 Å². The van der Waals surface area contributed by atoms with E-state index in [4.69, 9.17) is 4.42 Å². The van der Waals surface area contributed by atoms with Crippen LogP contribution in [0.15, 0.2) is 87.1 Å². The molecular weight excluding hydrogens is 486 g/mol. The smallest absolute Gasteiger partial charge is 1.00 e. The van der Waals surface area contributed by atoms with E-state index in [1.54, 1.807) is 0 Å². The Hall–Kier alpha value is -0.857. The molecule has 28 heavy (non-hydrogen) atoms. The summed E-state index contributed by atoms with van der Waals surface area (Å²) in [5.41, 5.74) is 1.17. The van der Waals surface area contributed by atoms with Crippen molar-refractivity contribution in [1.29, 1.82) is 0 Å². The fourth-order valence-electron chi connectivity index (χ4n) is 3.20. The zero-order valence-electron chi connectivity index (χ0n) is 15.8. The standard InChI is InChI=1S/C15H13O.C8H8S.2ClH.Zr/c1-2-14-7-8-15(16-14)13-9-11-5-3-4-6-12(11)10-13;1-6-5-7-3-2-4-8(7)9-6;;;/h3-10H,2H2,1H3;2-5,7H,1H3;2*1H;/q-1;;;;+3/p-2. The molecule has 1 aliphatic heterocycles. The average Bonchev–Trinajstić information content (AvgIpc) is 3.37. The molecule has 0 saturated heterocycles. The van der Waals surface area contributed by atoms with Crippen LogP contribution in [0, 0.1) is 5.92 Å². The average molecular weight is 508 g/mol. The molecule has 1 aliphatic carbocycles. The summed E-state index contributed by atoms with van der Waals surface area (Å²) in [7, 11) is 0. The van der Waals surface area contributed by atoms with Crippen molar-refractivity contribution >= 4 is 22.5 Å². The molecule has 5 rings (SSSR count). The fourth-order valence-corrected chi connectivity index (χ4v) is 4.22. The van der Waals surface area contributed by atoms with Crippen LogP contribution >= 0.6 is 11.8 Å². The molecule has 2 aliphatic rings. The minimum atomic E-state index is 0. The number of aryl methyl sites for hydroxylation is 1. The molecule has 143 valence electrons. The van der Waals surface area contributed by atoms with Gasteiger partial charge in [-0.2, -0.15) is 0 Å². The second-order valence-corrected chi connectivity index (χ2v) is 7.67. The zero-order chi connectivity index (χ0) is 17.2. The maximum absolute atomic E-state index is 5.75. The number of hydrogen-bond donors (Lipinski definition) is 0. The first kappa shape index (κ1) is 25.2. The monoisotopic (exact) mass is 505 g/mol. The second-order valence-electron chi connectivity index (χ2n) is 6.35. The Bertz CT molecular complexity index is 964. The van der Waals surface area contributed by atoms with E-state index in [2.05, 4.69) is 74.5 Å². The quantitative estimate of drug-likeness (QED) is 0.482. The number of halogens is 2. The third-order valence-electron chi connectivity index (χ3n) is 4.51. The summed E-state index contributed by atoms with van der Waals surface area (Å²) in [5.74, 6) is 2.64. The van der Waals surface area contributed by atoms with Gasteiger partial charge in [-0.1, -0.05) is 66.8 Å².